The second-order valence-electron chi connectivity index (χ2n) is 7.81. The van der Waals surface area contributed by atoms with E-state index in [0.29, 0.717) is 5.92 Å². The van der Waals surface area contributed by atoms with Gasteiger partial charge in [-0.15, -0.1) is 0 Å². The van der Waals surface area contributed by atoms with Crippen molar-refractivity contribution in [2.75, 3.05) is 26.7 Å². The number of halogens is 1. The van der Waals surface area contributed by atoms with Crippen molar-refractivity contribution in [2.45, 2.75) is 46.2 Å². The Balaban J connectivity index is 1.42. The number of hydrogen-bond donors (Lipinski definition) is 2. The summed E-state index contributed by atoms with van der Waals surface area (Å²) in [6.45, 7) is 9.90. The third kappa shape index (κ3) is 5.97. The van der Waals surface area contributed by atoms with Gasteiger partial charge in [0, 0.05) is 18.6 Å². The van der Waals surface area contributed by atoms with Crippen LogP contribution in [0.15, 0.2) is 33.7 Å². The molecule has 7 heteroatoms. The first-order valence-corrected chi connectivity index (χ1v) is 10.7. The normalized spacial score (nSPS) is 17.3. The largest absolute Gasteiger partial charge is 0.444 e. The topological polar surface area (TPSA) is 65.7 Å². The number of aliphatic imine (C=N–C) groups is 1. The van der Waals surface area contributed by atoms with Gasteiger partial charge in [0.15, 0.2) is 5.96 Å². The van der Waals surface area contributed by atoms with Gasteiger partial charge in [-0.3, -0.25) is 9.89 Å². The van der Waals surface area contributed by atoms with Crippen LogP contribution >= 0.6 is 11.6 Å². The maximum Gasteiger partial charge on any atom is 0.208 e. The summed E-state index contributed by atoms with van der Waals surface area (Å²) in [5, 5.41) is 7.69. The Morgan fingerprint density at radius 2 is 2.03 bits per heavy atom. The fraction of sp³-hybridized carbons (Fsp3) is 0.545. The maximum atomic E-state index is 6.31. The summed E-state index contributed by atoms with van der Waals surface area (Å²) in [6.07, 6.45) is 2.31. The molecule has 1 aromatic carbocycles. The second-order valence-corrected chi connectivity index (χ2v) is 8.22. The van der Waals surface area contributed by atoms with E-state index < -0.39 is 0 Å². The molecule has 3 rings (SSSR count). The summed E-state index contributed by atoms with van der Waals surface area (Å²) in [4.78, 5) is 11.3. The van der Waals surface area contributed by atoms with E-state index in [4.69, 9.17) is 16.0 Å². The van der Waals surface area contributed by atoms with Crippen molar-refractivity contribution in [2.24, 2.45) is 10.9 Å². The van der Waals surface area contributed by atoms with Crippen molar-refractivity contribution < 1.29 is 4.42 Å². The molecule has 1 aliphatic rings. The molecular formula is C22H32ClN5O. The fourth-order valence-electron chi connectivity index (χ4n) is 3.69. The molecule has 158 valence electrons. The summed E-state index contributed by atoms with van der Waals surface area (Å²) >= 11 is 6.31. The van der Waals surface area contributed by atoms with Crippen molar-refractivity contribution in [3.8, 4) is 0 Å². The Bertz CT molecular complexity index is 807. The van der Waals surface area contributed by atoms with Crippen LogP contribution in [-0.2, 0) is 6.54 Å². The third-order valence-corrected chi connectivity index (χ3v) is 5.99. The molecule has 1 saturated heterocycles. The maximum absolute atomic E-state index is 6.31. The number of hydrogen-bond acceptors (Lipinski definition) is 4. The minimum atomic E-state index is 0.0875. The van der Waals surface area contributed by atoms with Crippen LogP contribution in [0.2, 0.25) is 5.02 Å². The number of aryl methyl sites for hydroxylation is 2. The van der Waals surface area contributed by atoms with E-state index in [1.807, 2.05) is 38.1 Å². The van der Waals surface area contributed by atoms with Crippen molar-refractivity contribution in [3.05, 3.63) is 52.2 Å². The van der Waals surface area contributed by atoms with Gasteiger partial charge in [0.05, 0.1) is 18.3 Å². The second kappa shape index (κ2) is 10.1. The molecule has 0 amide bonds. The van der Waals surface area contributed by atoms with Gasteiger partial charge in [-0.2, -0.15) is 0 Å². The highest BCUT2D eigenvalue weighted by Gasteiger charge is 2.21. The molecule has 0 spiro atoms. The summed E-state index contributed by atoms with van der Waals surface area (Å²) in [5.74, 6) is 3.19. The van der Waals surface area contributed by atoms with Gasteiger partial charge >= 0.3 is 0 Å². The Labute approximate surface area is 178 Å². The summed E-state index contributed by atoms with van der Waals surface area (Å²) in [7, 11) is 1.80. The summed E-state index contributed by atoms with van der Waals surface area (Å²) in [6, 6.07) is 8.00. The SMILES string of the molecule is CN=C(NCC1CCN(Cc2nc(C)c(C)o2)CC1)NC(C)c1ccccc1Cl. The third-order valence-electron chi connectivity index (χ3n) is 5.65. The van der Waals surface area contributed by atoms with Gasteiger partial charge in [0.2, 0.25) is 5.89 Å². The molecule has 0 aliphatic carbocycles. The van der Waals surface area contributed by atoms with Crippen molar-refractivity contribution in [3.63, 3.8) is 0 Å². The van der Waals surface area contributed by atoms with Crippen molar-refractivity contribution in [1.29, 1.82) is 0 Å². The van der Waals surface area contributed by atoms with Gasteiger partial charge in [-0.1, -0.05) is 29.8 Å². The van der Waals surface area contributed by atoms with E-state index in [0.717, 1.165) is 72.9 Å². The molecule has 6 nitrogen and oxygen atoms in total. The minimum Gasteiger partial charge on any atom is -0.444 e. The summed E-state index contributed by atoms with van der Waals surface area (Å²) < 4.78 is 5.72. The van der Waals surface area contributed by atoms with Crippen molar-refractivity contribution in [1.82, 2.24) is 20.5 Å². The molecule has 1 unspecified atom stereocenters. The van der Waals surface area contributed by atoms with E-state index in [-0.39, 0.29) is 6.04 Å². The molecular weight excluding hydrogens is 386 g/mol. The number of oxazole rings is 1. The quantitative estimate of drug-likeness (QED) is 0.547. The molecule has 0 radical (unpaired) electrons. The van der Waals surface area contributed by atoms with E-state index in [1.54, 1.807) is 7.05 Å². The Morgan fingerprint density at radius 3 is 2.66 bits per heavy atom. The van der Waals surface area contributed by atoms with Gasteiger partial charge < -0.3 is 15.1 Å². The van der Waals surface area contributed by atoms with Crippen LogP contribution < -0.4 is 10.6 Å². The van der Waals surface area contributed by atoms with E-state index in [2.05, 4.69) is 32.4 Å². The van der Waals surface area contributed by atoms with Crippen LogP contribution in [0.3, 0.4) is 0 Å². The molecule has 1 aliphatic heterocycles. The molecule has 0 saturated carbocycles. The first-order chi connectivity index (χ1) is 14.0. The minimum absolute atomic E-state index is 0.0875. The van der Waals surface area contributed by atoms with E-state index in [9.17, 15) is 0 Å². The zero-order chi connectivity index (χ0) is 20.8. The molecule has 0 bridgehead atoms. The lowest BCUT2D eigenvalue weighted by Crippen LogP contribution is -2.43. The molecule has 1 fully saturated rings. The van der Waals surface area contributed by atoms with Gasteiger partial charge in [0.25, 0.3) is 0 Å². The first kappa shape index (κ1) is 21.7. The smallest absolute Gasteiger partial charge is 0.208 e. The number of nitrogens with one attached hydrogen (secondary N) is 2. The van der Waals surface area contributed by atoms with E-state index in [1.165, 1.54) is 0 Å². The summed E-state index contributed by atoms with van der Waals surface area (Å²) in [5.41, 5.74) is 2.06. The molecule has 2 heterocycles. The number of guanidine groups is 1. The highest BCUT2D eigenvalue weighted by Crippen LogP contribution is 2.22. The lowest BCUT2D eigenvalue weighted by molar-refractivity contribution is 0.164. The number of benzene rings is 1. The Hall–Kier alpha value is -2.05. The average Bonchev–Trinajstić information content (AvgIpc) is 3.03. The van der Waals surface area contributed by atoms with Crippen LogP contribution in [-0.4, -0.2) is 42.5 Å². The highest BCUT2D eigenvalue weighted by atomic mass is 35.5. The van der Waals surface area contributed by atoms with Gasteiger partial charge in [-0.25, -0.2) is 4.98 Å². The molecule has 1 aromatic heterocycles. The van der Waals surface area contributed by atoms with Crippen LogP contribution in [0.25, 0.3) is 0 Å². The number of aromatic nitrogens is 1. The van der Waals surface area contributed by atoms with Gasteiger partial charge in [0.1, 0.15) is 5.76 Å². The number of piperidine rings is 1. The lowest BCUT2D eigenvalue weighted by Gasteiger charge is -2.31. The monoisotopic (exact) mass is 417 g/mol. The molecule has 1 atom stereocenters. The van der Waals surface area contributed by atoms with Crippen LogP contribution in [0.1, 0.15) is 48.7 Å². The Kier molecular flexibility index (Phi) is 7.56. The predicted molar refractivity (Wildman–Crippen MR) is 118 cm³/mol. The number of likely N-dealkylation sites (tertiary alicyclic amines) is 1. The lowest BCUT2D eigenvalue weighted by atomic mass is 9.97. The zero-order valence-electron chi connectivity index (χ0n) is 17.8. The fourth-order valence-corrected chi connectivity index (χ4v) is 3.99. The Morgan fingerprint density at radius 1 is 1.31 bits per heavy atom. The standard InChI is InChI=1S/C22H32ClN5O/c1-15-17(3)29-21(26-15)14-28-11-9-18(10-12-28)13-25-22(24-4)27-16(2)19-7-5-6-8-20(19)23/h5-8,16,18H,9-14H2,1-4H3,(H2,24,25,27). The highest BCUT2D eigenvalue weighted by molar-refractivity contribution is 6.31. The molecule has 29 heavy (non-hydrogen) atoms. The predicted octanol–water partition coefficient (Wildman–Crippen LogP) is 4.08. The average molecular weight is 418 g/mol. The van der Waals surface area contributed by atoms with Crippen LogP contribution in [0.5, 0.6) is 0 Å². The number of rotatable bonds is 6. The number of nitrogens with zero attached hydrogens (tertiary/aromatic N) is 3. The van der Waals surface area contributed by atoms with E-state index >= 15 is 0 Å². The first-order valence-electron chi connectivity index (χ1n) is 10.3. The molecule has 2 N–H and O–H groups in total. The van der Waals surface area contributed by atoms with Crippen LogP contribution in [0.4, 0.5) is 0 Å². The van der Waals surface area contributed by atoms with Crippen LogP contribution in [0, 0.1) is 19.8 Å². The van der Waals surface area contributed by atoms with Gasteiger partial charge in [-0.05, 0) is 64.3 Å². The zero-order valence-corrected chi connectivity index (χ0v) is 18.6. The molecule has 2 aromatic rings. The van der Waals surface area contributed by atoms with Crippen molar-refractivity contribution >= 4 is 17.6 Å².